The quantitative estimate of drug-likeness (QED) is 0.375. The molecule has 0 unspecified atom stereocenters. The standard InChI is InChI=1S/C15H17N7O/c1-21(12-9-7-11(8-10-12)14(23)17-16)15-18-20-22(19-15)13-5-3-2-4-6-13/h2-10,20H,16H2,1H3,(H,17,23)(H,18,19). The first kappa shape index (κ1) is 14.7. The molecule has 0 bridgehead atoms. The molecule has 0 radical (unpaired) electrons. The molecule has 1 aliphatic heterocycles. The first-order valence-electron chi connectivity index (χ1n) is 6.99. The van der Waals surface area contributed by atoms with Crippen LogP contribution >= 0.6 is 0 Å². The average molecular weight is 311 g/mol. The Balaban J connectivity index is 1.69. The number of para-hydroxylation sites is 1. The van der Waals surface area contributed by atoms with Gasteiger partial charge in [0.2, 0.25) is 5.96 Å². The van der Waals surface area contributed by atoms with Crippen LogP contribution in [0.5, 0.6) is 0 Å². The summed E-state index contributed by atoms with van der Waals surface area (Å²) in [5.74, 6) is 5.42. The van der Waals surface area contributed by atoms with Crippen molar-refractivity contribution in [3.63, 3.8) is 0 Å². The number of benzene rings is 2. The van der Waals surface area contributed by atoms with Crippen molar-refractivity contribution in [2.75, 3.05) is 17.1 Å². The number of hydrazine groups is 3. The molecule has 8 heteroatoms. The Kier molecular flexibility index (Phi) is 3.98. The van der Waals surface area contributed by atoms with E-state index in [1.807, 2.05) is 54.4 Å². The van der Waals surface area contributed by atoms with Gasteiger partial charge in [-0.2, -0.15) is 10.7 Å². The van der Waals surface area contributed by atoms with E-state index in [0.29, 0.717) is 11.5 Å². The first-order valence-corrected chi connectivity index (χ1v) is 6.99. The predicted molar refractivity (Wildman–Crippen MR) is 89.1 cm³/mol. The summed E-state index contributed by atoms with van der Waals surface area (Å²) < 4.78 is 0. The summed E-state index contributed by atoms with van der Waals surface area (Å²) in [5.41, 5.74) is 10.5. The van der Waals surface area contributed by atoms with E-state index >= 15 is 0 Å². The van der Waals surface area contributed by atoms with E-state index in [4.69, 9.17) is 5.84 Å². The third-order valence-corrected chi connectivity index (χ3v) is 3.45. The maximum atomic E-state index is 11.4. The molecule has 1 heterocycles. The fourth-order valence-electron chi connectivity index (χ4n) is 2.14. The largest absolute Gasteiger partial charge is 0.313 e. The van der Waals surface area contributed by atoms with E-state index in [0.717, 1.165) is 11.4 Å². The number of hydrazone groups is 1. The van der Waals surface area contributed by atoms with Crippen LogP contribution in [0.4, 0.5) is 11.4 Å². The summed E-state index contributed by atoms with van der Waals surface area (Å²) in [6.07, 6.45) is 0. The minimum atomic E-state index is -0.326. The Morgan fingerprint density at radius 1 is 1.17 bits per heavy atom. The van der Waals surface area contributed by atoms with Crippen molar-refractivity contribution in [3.05, 3.63) is 60.2 Å². The van der Waals surface area contributed by atoms with Crippen LogP contribution in [0.3, 0.4) is 0 Å². The maximum absolute atomic E-state index is 11.4. The Bertz CT molecular complexity index is 714. The fraction of sp³-hybridized carbons (Fsp3) is 0.0667. The van der Waals surface area contributed by atoms with E-state index in [1.54, 1.807) is 17.3 Å². The molecule has 0 atom stereocenters. The van der Waals surface area contributed by atoms with Gasteiger partial charge in [-0.05, 0) is 36.4 Å². The lowest BCUT2D eigenvalue weighted by atomic mass is 10.2. The zero-order valence-electron chi connectivity index (χ0n) is 12.5. The Labute approximate surface area is 133 Å². The minimum Gasteiger partial charge on any atom is -0.313 e. The molecule has 1 amide bonds. The fourth-order valence-corrected chi connectivity index (χ4v) is 2.14. The van der Waals surface area contributed by atoms with E-state index in [1.165, 1.54) is 0 Å². The lowest BCUT2D eigenvalue weighted by Crippen LogP contribution is -2.46. The number of nitrogens with zero attached hydrogens (tertiary/aromatic N) is 3. The van der Waals surface area contributed by atoms with Crippen LogP contribution in [0.15, 0.2) is 59.7 Å². The molecule has 3 rings (SSSR count). The molecular weight excluding hydrogens is 294 g/mol. The van der Waals surface area contributed by atoms with Crippen LogP contribution in [-0.2, 0) is 0 Å². The van der Waals surface area contributed by atoms with Gasteiger partial charge < -0.3 is 4.90 Å². The summed E-state index contributed by atoms with van der Waals surface area (Å²) in [6.45, 7) is 0. The molecule has 1 aliphatic rings. The van der Waals surface area contributed by atoms with Crippen LogP contribution in [0.1, 0.15) is 10.4 Å². The number of carbonyl (C=O) groups excluding carboxylic acids is 1. The smallest absolute Gasteiger partial charge is 0.265 e. The molecule has 0 spiro atoms. The predicted octanol–water partition coefficient (Wildman–Crippen LogP) is 0.527. The van der Waals surface area contributed by atoms with Crippen molar-refractivity contribution in [2.45, 2.75) is 0 Å². The topological polar surface area (TPSA) is 98.0 Å². The molecule has 2 aromatic rings. The van der Waals surface area contributed by atoms with Crippen LogP contribution in [0.25, 0.3) is 0 Å². The summed E-state index contributed by atoms with van der Waals surface area (Å²) in [6, 6.07) is 16.8. The van der Waals surface area contributed by atoms with Crippen LogP contribution in [0.2, 0.25) is 0 Å². The second-order valence-electron chi connectivity index (χ2n) is 4.90. The van der Waals surface area contributed by atoms with Gasteiger partial charge >= 0.3 is 0 Å². The van der Waals surface area contributed by atoms with Crippen LogP contribution < -0.4 is 32.2 Å². The van der Waals surface area contributed by atoms with Crippen LogP contribution in [-0.4, -0.2) is 18.9 Å². The third-order valence-electron chi connectivity index (χ3n) is 3.45. The highest BCUT2D eigenvalue weighted by atomic mass is 16.2. The van der Waals surface area contributed by atoms with Gasteiger partial charge in [0, 0.05) is 18.3 Å². The van der Waals surface area contributed by atoms with Gasteiger partial charge in [0.25, 0.3) is 5.91 Å². The number of nitrogen functional groups attached to an aromatic ring is 1. The number of carbonyl (C=O) groups is 1. The molecule has 2 aromatic carbocycles. The molecule has 8 nitrogen and oxygen atoms in total. The monoisotopic (exact) mass is 311 g/mol. The van der Waals surface area contributed by atoms with Crippen molar-refractivity contribution >= 4 is 23.2 Å². The number of nitrogens with two attached hydrogens (primary N) is 1. The SMILES string of the molecule is CN(C1=NNN(c2ccccc2)N1)c1ccc(C(=O)NN)cc1. The van der Waals surface area contributed by atoms with Gasteiger partial charge in [-0.3, -0.25) is 10.2 Å². The molecule has 0 fully saturated rings. The molecule has 0 aliphatic carbocycles. The number of rotatable bonds is 3. The van der Waals surface area contributed by atoms with Gasteiger partial charge in [-0.25, -0.2) is 11.3 Å². The van der Waals surface area contributed by atoms with Crippen molar-refractivity contribution in [3.8, 4) is 0 Å². The van der Waals surface area contributed by atoms with E-state index in [9.17, 15) is 4.79 Å². The number of anilines is 2. The number of hydrogen-bond donors (Lipinski definition) is 4. The number of hydrogen-bond acceptors (Lipinski definition) is 7. The van der Waals surface area contributed by atoms with Crippen molar-refractivity contribution in [1.29, 1.82) is 0 Å². The second-order valence-corrected chi connectivity index (χ2v) is 4.90. The number of guanidine groups is 1. The van der Waals surface area contributed by atoms with Crippen molar-refractivity contribution in [2.24, 2.45) is 10.9 Å². The van der Waals surface area contributed by atoms with Gasteiger partial charge in [0.1, 0.15) is 0 Å². The van der Waals surface area contributed by atoms with Crippen molar-refractivity contribution < 1.29 is 4.79 Å². The maximum Gasteiger partial charge on any atom is 0.265 e. The average Bonchev–Trinajstić information content (AvgIpc) is 3.11. The lowest BCUT2D eigenvalue weighted by Gasteiger charge is -2.22. The van der Waals surface area contributed by atoms with Crippen LogP contribution in [0, 0.1) is 0 Å². The second kappa shape index (κ2) is 6.24. The van der Waals surface area contributed by atoms with Gasteiger partial charge in [-0.1, -0.05) is 18.2 Å². The highest BCUT2D eigenvalue weighted by Crippen LogP contribution is 2.16. The van der Waals surface area contributed by atoms with E-state index < -0.39 is 0 Å². The first-order chi connectivity index (χ1) is 11.2. The molecule has 23 heavy (non-hydrogen) atoms. The third kappa shape index (κ3) is 3.01. The zero-order chi connectivity index (χ0) is 16.2. The number of amides is 1. The zero-order valence-corrected chi connectivity index (χ0v) is 12.5. The van der Waals surface area contributed by atoms with E-state index in [-0.39, 0.29) is 5.91 Å². The summed E-state index contributed by atoms with van der Waals surface area (Å²) in [5, 5.41) is 5.96. The molecule has 118 valence electrons. The minimum absolute atomic E-state index is 0.326. The van der Waals surface area contributed by atoms with Crippen molar-refractivity contribution in [1.82, 2.24) is 16.4 Å². The normalized spacial score (nSPS) is 13.0. The lowest BCUT2D eigenvalue weighted by molar-refractivity contribution is 0.0953. The molecule has 0 saturated heterocycles. The molecule has 0 aromatic heterocycles. The number of nitrogens with one attached hydrogen (secondary N) is 3. The van der Waals surface area contributed by atoms with Gasteiger partial charge in [0.05, 0.1) is 5.69 Å². The highest BCUT2D eigenvalue weighted by molar-refractivity contribution is 5.98. The Morgan fingerprint density at radius 3 is 2.52 bits per heavy atom. The van der Waals surface area contributed by atoms with Gasteiger partial charge in [-0.15, -0.1) is 5.10 Å². The Morgan fingerprint density at radius 2 is 1.87 bits per heavy atom. The summed E-state index contributed by atoms with van der Waals surface area (Å²) in [7, 11) is 1.88. The Hall–Kier alpha value is -3.26. The highest BCUT2D eigenvalue weighted by Gasteiger charge is 2.19. The van der Waals surface area contributed by atoms with Gasteiger partial charge in [0.15, 0.2) is 0 Å². The molecule has 0 saturated carbocycles. The van der Waals surface area contributed by atoms with E-state index in [2.05, 4.69) is 21.5 Å². The summed E-state index contributed by atoms with van der Waals surface area (Å²) in [4.78, 5) is 13.3. The summed E-state index contributed by atoms with van der Waals surface area (Å²) >= 11 is 0. The molecular formula is C15H17N7O. The molecule has 5 N–H and O–H groups in total.